The molecule has 0 atom stereocenters. The smallest absolute Gasteiger partial charge is 0.0600 e. The predicted octanol–water partition coefficient (Wildman–Crippen LogP) is 1.88. The van der Waals surface area contributed by atoms with Crippen LogP contribution in [0.1, 0.15) is 40.0 Å². The van der Waals surface area contributed by atoms with Gasteiger partial charge in [-0.3, -0.25) is 4.90 Å². The molecule has 0 aromatic heterocycles. The highest BCUT2D eigenvalue weighted by molar-refractivity contribution is 4.69. The highest BCUT2D eigenvalue weighted by Crippen LogP contribution is 2.07. The summed E-state index contributed by atoms with van der Waals surface area (Å²) in [5.74, 6) is 0. The minimum absolute atomic E-state index is 0.497. The molecule has 1 aliphatic heterocycles. The third kappa shape index (κ3) is 5.28. The third-order valence-corrected chi connectivity index (χ3v) is 3.26. The second kappa shape index (κ2) is 8.04. The predicted molar refractivity (Wildman–Crippen MR) is 68.8 cm³/mol. The molecule has 0 radical (unpaired) electrons. The van der Waals surface area contributed by atoms with Crippen molar-refractivity contribution < 1.29 is 4.74 Å². The third-order valence-electron chi connectivity index (χ3n) is 3.26. The lowest BCUT2D eigenvalue weighted by atomic mass is 10.1. The van der Waals surface area contributed by atoms with Gasteiger partial charge in [0.2, 0.25) is 0 Å². The van der Waals surface area contributed by atoms with E-state index >= 15 is 0 Å². The van der Waals surface area contributed by atoms with Crippen molar-refractivity contribution in [1.29, 1.82) is 0 Å². The molecule has 0 aromatic rings. The molecule has 0 aliphatic carbocycles. The number of ether oxygens (including phenoxy) is 1. The summed E-state index contributed by atoms with van der Waals surface area (Å²) in [5.41, 5.74) is 0. The summed E-state index contributed by atoms with van der Waals surface area (Å²) in [6, 6.07) is 0.636. The lowest BCUT2D eigenvalue weighted by Gasteiger charge is -2.28. The Kier molecular flexibility index (Phi) is 7.01. The van der Waals surface area contributed by atoms with Crippen molar-refractivity contribution in [2.75, 3.05) is 32.8 Å². The zero-order valence-electron chi connectivity index (χ0n) is 11.2. The van der Waals surface area contributed by atoms with Gasteiger partial charge >= 0.3 is 0 Å². The van der Waals surface area contributed by atoms with E-state index < -0.39 is 0 Å². The first-order chi connectivity index (χ1) is 7.74. The lowest BCUT2D eigenvalue weighted by Crippen LogP contribution is -2.37. The van der Waals surface area contributed by atoms with Gasteiger partial charge in [-0.25, -0.2) is 0 Å². The zero-order valence-corrected chi connectivity index (χ0v) is 11.2. The standard InChI is InChI=1S/C13H28N2O/c1-4-9-15(12(2)3)10-11-16-13-5-7-14-8-6-13/h12-14H,4-11H2,1-3H3. The normalized spacial score (nSPS) is 18.6. The Bertz CT molecular complexity index is 167. The van der Waals surface area contributed by atoms with Crippen molar-refractivity contribution in [3.63, 3.8) is 0 Å². The summed E-state index contributed by atoms with van der Waals surface area (Å²) in [6.45, 7) is 12.2. The first kappa shape index (κ1) is 13.9. The van der Waals surface area contributed by atoms with Crippen LogP contribution in [0.4, 0.5) is 0 Å². The van der Waals surface area contributed by atoms with E-state index in [1.807, 2.05) is 0 Å². The largest absolute Gasteiger partial charge is 0.377 e. The summed E-state index contributed by atoms with van der Waals surface area (Å²) in [7, 11) is 0. The van der Waals surface area contributed by atoms with Gasteiger partial charge in [0.1, 0.15) is 0 Å². The summed E-state index contributed by atoms with van der Waals surface area (Å²) in [4.78, 5) is 2.50. The molecule has 0 aromatic carbocycles. The number of hydrogen-bond acceptors (Lipinski definition) is 3. The average Bonchev–Trinajstić information content (AvgIpc) is 2.29. The monoisotopic (exact) mass is 228 g/mol. The van der Waals surface area contributed by atoms with E-state index in [4.69, 9.17) is 4.74 Å². The zero-order chi connectivity index (χ0) is 11.8. The molecule has 1 aliphatic rings. The van der Waals surface area contributed by atoms with Gasteiger partial charge in [0, 0.05) is 12.6 Å². The van der Waals surface area contributed by atoms with Crippen LogP contribution in [0, 0.1) is 0 Å². The van der Waals surface area contributed by atoms with Crippen molar-refractivity contribution in [2.24, 2.45) is 0 Å². The first-order valence-corrected chi connectivity index (χ1v) is 6.80. The Hall–Kier alpha value is -0.120. The molecule has 16 heavy (non-hydrogen) atoms. The highest BCUT2D eigenvalue weighted by atomic mass is 16.5. The van der Waals surface area contributed by atoms with E-state index in [9.17, 15) is 0 Å². The summed E-state index contributed by atoms with van der Waals surface area (Å²) in [5, 5.41) is 3.36. The molecule has 3 heteroatoms. The van der Waals surface area contributed by atoms with Gasteiger partial charge in [-0.05, 0) is 52.7 Å². The lowest BCUT2D eigenvalue weighted by molar-refractivity contribution is 0.0160. The van der Waals surface area contributed by atoms with Gasteiger partial charge in [-0.15, -0.1) is 0 Å². The van der Waals surface area contributed by atoms with E-state index in [1.54, 1.807) is 0 Å². The Labute approximate surface area is 101 Å². The van der Waals surface area contributed by atoms with Crippen molar-refractivity contribution in [3.05, 3.63) is 0 Å². The van der Waals surface area contributed by atoms with Gasteiger partial charge in [-0.2, -0.15) is 0 Å². The number of hydrogen-bond donors (Lipinski definition) is 1. The minimum atomic E-state index is 0.497. The first-order valence-electron chi connectivity index (χ1n) is 6.80. The maximum Gasteiger partial charge on any atom is 0.0600 e. The molecule has 0 bridgehead atoms. The van der Waals surface area contributed by atoms with Gasteiger partial charge in [-0.1, -0.05) is 6.92 Å². The molecule has 1 rings (SSSR count). The molecular formula is C13H28N2O. The maximum atomic E-state index is 5.93. The number of rotatable bonds is 7. The van der Waals surface area contributed by atoms with E-state index in [0.717, 1.165) is 26.2 Å². The quantitative estimate of drug-likeness (QED) is 0.720. The fourth-order valence-corrected chi connectivity index (χ4v) is 2.21. The van der Waals surface area contributed by atoms with E-state index in [1.165, 1.54) is 25.8 Å². The van der Waals surface area contributed by atoms with Crippen LogP contribution in [-0.2, 0) is 4.74 Å². The summed E-state index contributed by atoms with van der Waals surface area (Å²) >= 11 is 0. The van der Waals surface area contributed by atoms with Crippen LogP contribution >= 0.6 is 0 Å². The van der Waals surface area contributed by atoms with Crippen LogP contribution in [0.3, 0.4) is 0 Å². The van der Waals surface area contributed by atoms with Crippen LogP contribution in [0.5, 0.6) is 0 Å². The minimum Gasteiger partial charge on any atom is -0.377 e. The van der Waals surface area contributed by atoms with E-state index in [0.29, 0.717) is 12.1 Å². The second-order valence-corrected chi connectivity index (χ2v) is 4.95. The summed E-state index contributed by atoms with van der Waals surface area (Å²) in [6.07, 6.45) is 4.08. The van der Waals surface area contributed by atoms with Crippen molar-refractivity contribution in [3.8, 4) is 0 Å². The summed E-state index contributed by atoms with van der Waals surface area (Å²) < 4.78 is 5.93. The fraction of sp³-hybridized carbons (Fsp3) is 1.00. The molecule has 0 spiro atoms. The SMILES string of the molecule is CCCN(CCOC1CCNCC1)C(C)C. The molecule has 0 amide bonds. The van der Waals surface area contributed by atoms with Crippen LogP contribution in [-0.4, -0.2) is 49.8 Å². The topological polar surface area (TPSA) is 24.5 Å². The molecule has 0 saturated carbocycles. The van der Waals surface area contributed by atoms with Gasteiger partial charge in [0.15, 0.2) is 0 Å². The molecule has 1 heterocycles. The van der Waals surface area contributed by atoms with Gasteiger partial charge < -0.3 is 10.1 Å². The number of piperidine rings is 1. The van der Waals surface area contributed by atoms with Crippen molar-refractivity contribution >= 4 is 0 Å². The maximum absolute atomic E-state index is 5.93. The molecule has 0 unspecified atom stereocenters. The van der Waals surface area contributed by atoms with Crippen LogP contribution < -0.4 is 5.32 Å². The Morgan fingerprint density at radius 3 is 2.50 bits per heavy atom. The fourth-order valence-electron chi connectivity index (χ4n) is 2.21. The number of nitrogens with zero attached hydrogens (tertiary/aromatic N) is 1. The van der Waals surface area contributed by atoms with E-state index in [-0.39, 0.29) is 0 Å². The second-order valence-electron chi connectivity index (χ2n) is 4.95. The highest BCUT2D eigenvalue weighted by Gasteiger charge is 2.14. The van der Waals surface area contributed by atoms with Gasteiger partial charge in [0.05, 0.1) is 12.7 Å². The Morgan fingerprint density at radius 2 is 1.94 bits per heavy atom. The van der Waals surface area contributed by atoms with E-state index in [2.05, 4.69) is 31.0 Å². The van der Waals surface area contributed by atoms with Crippen LogP contribution in [0.15, 0.2) is 0 Å². The molecule has 96 valence electrons. The Balaban J connectivity index is 2.11. The average molecular weight is 228 g/mol. The Morgan fingerprint density at radius 1 is 1.25 bits per heavy atom. The van der Waals surface area contributed by atoms with Crippen molar-refractivity contribution in [1.82, 2.24) is 10.2 Å². The molecule has 1 saturated heterocycles. The molecule has 1 fully saturated rings. The van der Waals surface area contributed by atoms with Crippen molar-refractivity contribution in [2.45, 2.75) is 52.2 Å². The molecule has 3 nitrogen and oxygen atoms in total. The molecule has 1 N–H and O–H groups in total. The van der Waals surface area contributed by atoms with Crippen LogP contribution in [0.25, 0.3) is 0 Å². The molecular weight excluding hydrogens is 200 g/mol. The van der Waals surface area contributed by atoms with Gasteiger partial charge in [0.25, 0.3) is 0 Å². The number of nitrogens with one attached hydrogen (secondary N) is 1. The van der Waals surface area contributed by atoms with Crippen LogP contribution in [0.2, 0.25) is 0 Å².